The Bertz CT molecular complexity index is 399. The van der Waals surface area contributed by atoms with Crippen LogP contribution >= 0.6 is 0 Å². The fourth-order valence-electron chi connectivity index (χ4n) is 3.22. The minimum atomic E-state index is -3.16. The summed E-state index contributed by atoms with van der Waals surface area (Å²) in [7, 11) is -1.02. The van der Waals surface area contributed by atoms with Crippen molar-refractivity contribution in [1.29, 1.82) is 0 Å². The van der Waals surface area contributed by atoms with Crippen LogP contribution in [0.5, 0.6) is 0 Å². The molecule has 0 aromatic rings. The SMILES string of the molecule is CCNCC(C)S(=O)(=O)N1CCC2CCC(C1)N2C. The van der Waals surface area contributed by atoms with E-state index >= 15 is 0 Å². The van der Waals surface area contributed by atoms with Crippen LogP contribution in [0.25, 0.3) is 0 Å². The summed E-state index contributed by atoms with van der Waals surface area (Å²) >= 11 is 0. The summed E-state index contributed by atoms with van der Waals surface area (Å²) in [6.07, 6.45) is 3.33. The molecule has 0 radical (unpaired) electrons. The highest BCUT2D eigenvalue weighted by Crippen LogP contribution is 2.30. The molecule has 0 saturated carbocycles. The van der Waals surface area contributed by atoms with E-state index in [9.17, 15) is 8.42 Å². The van der Waals surface area contributed by atoms with Gasteiger partial charge in [-0.1, -0.05) is 6.92 Å². The van der Waals surface area contributed by atoms with Crippen LogP contribution in [0.3, 0.4) is 0 Å². The van der Waals surface area contributed by atoms with Crippen LogP contribution in [-0.4, -0.2) is 68.2 Å². The van der Waals surface area contributed by atoms with Gasteiger partial charge in [0.1, 0.15) is 0 Å². The minimum Gasteiger partial charge on any atom is -0.316 e. The molecule has 19 heavy (non-hydrogen) atoms. The first-order valence-electron chi connectivity index (χ1n) is 7.38. The molecule has 5 nitrogen and oxygen atoms in total. The lowest BCUT2D eigenvalue weighted by Gasteiger charge is -2.28. The smallest absolute Gasteiger partial charge is 0.218 e. The molecule has 0 aromatic heterocycles. The van der Waals surface area contributed by atoms with Gasteiger partial charge in [0, 0.05) is 31.7 Å². The predicted molar refractivity (Wildman–Crippen MR) is 77.7 cm³/mol. The summed E-state index contributed by atoms with van der Waals surface area (Å²) in [5.74, 6) is 0. The first-order valence-corrected chi connectivity index (χ1v) is 8.88. The van der Waals surface area contributed by atoms with Gasteiger partial charge in [-0.25, -0.2) is 12.7 Å². The summed E-state index contributed by atoms with van der Waals surface area (Å²) in [5, 5.41) is 2.80. The van der Waals surface area contributed by atoms with Crippen LogP contribution in [0, 0.1) is 0 Å². The Labute approximate surface area is 117 Å². The van der Waals surface area contributed by atoms with Crippen LogP contribution in [0.1, 0.15) is 33.1 Å². The first-order chi connectivity index (χ1) is 8.96. The van der Waals surface area contributed by atoms with Crippen LogP contribution in [0.4, 0.5) is 0 Å². The summed E-state index contributed by atoms with van der Waals surface area (Å²) in [6.45, 7) is 6.52. The number of sulfonamides is 1. The summed E-state index contributed by atoms with van der Waals surface area (Å²) in [4.78, 5) is 2.38. The van der Waals surface area contributed by atoms with Gasteiger partial charge >= 0.3 is 0 Å². The monoisotopic (exact) mass is 289 g/mol. The van der Waals surface area contributed by atoms with E-state index in [0.717, 1.165) is 19.4 Å². The van der Waals surface area contributed by atoms with Crippen molar-refractivity contribution < 1.29 is 8.42 Å². The lowest BCUT2D eigenvalue weighted by atomic mass is 10.1. The molecule has 1 N–H and O–H groups in total. The molecule has 2 bridgehead atoms. The highest BCUT2D eigenvalue weighted by Gasteiger charge is 2.39. The molecule has 0 aliphatic carbocycles. The van der Waals surface area contributed by atoms with E-state index in [1.807, 2.05) is 13.8 Å². The van der Waals surface area contributed by atoms with Gasteiger partial charge < -0.3 is 5.32 Å². The van der Waals surface area contributed by atoms with Crippen molar-refractivity contribution in [3.63, 3.8) is 0 Å². The molecule has 2 heterocycles. The summed E-state index contributed by atoms with van der Waals surface area (Å²) < 4.78 is 26.9. The zero-order chi connectivity index (χ0) is 14.0. The van der Waals surface area contributed by atoms with Crippen molar-refractivity contribution in [3.05, 3.63) is 0 Å². The molecule has 3 unspecified atom stereocenters. The number of fused-ring (bicyclic) bond motifs is 2. The van der Waals surface area contributed by atoms with Crippen LogP contribution in [0.2, 0.25) is 0 Å². The van der Waals surface area contributed by atoms with E-state index in [1.54, 1.807) is 4.31 Å². The second-order valence-corrected chi connectivity index (χ2v) is 8.21. The van der Waals surface area contributed by atoms with E-state index < -0.39 is 10.0 Å². The molecule has 0 aromatic carbocycles. The van der Waals surface area contributed by atoms with Gasteiger partial charge in [-0.15, -0.1) is 0 Å². The second kappa shape index (κ2) is 6.08. The van der Waals surface area contributed by atoms with Gasteiger partial charge in [0.2, 0.25) is 10.0 Å². The molecule has 3 atom stereocenters. The second-order valence-electron chi connectivity index (χ2n) is 5.86. The molecule has 2 aliphatic rings. The molecule has 0 amide bonds. The van der Waals surface area contributed by atoms with Gasteiger partial charge in [0.25, 0.3) is 0 Å². The Hall–Kier alpha value is -0.170. The number of nitrogens with zero attached hydrogens (tertiary/aromatic N) is 2. The van der Waals surface area contributed by atoms with Crippen molar-refractivity contribution >= 4 is 10.0 Å². The lowest BCUT2D eigenvalue weighted by Crippen LogP contribution is -2.45. The molecular formula is C13H27N3O2S. The van der Waals surface area contributed by atoms with E-state index in [1.165, 1.54) is 6.42 Å². The average molecular weight is 289 g/mol. The van der Waals surface area contributed by atoms with Crippen molar-refractivity contribution in [1.82, 2.24) is 14.5 Å². The Balaban J connectivity index is 2.04. The fraction of sp³-hybridized carbons (Fsp3) is 1.00. The topological polar surface area (TPSA) is 52.7 Å². The standard InChI is InChI=1S/C13H27N3O2S/c1-4-14-9-11(2)19(17,18)16-8-7-12-5-6-13(10-16)15(12)3/h11-14H,4-10H2,1-3H3. The first kappa shape index (κ1) is 15.2. The van der Waals surface area contributed by atoms with Crippen molar-refractivity contribution in [2.45, 2.75) is 50.4 Å². The summed E-state index contributed by atoms with van der Waals surface area (Å²) in [5.41, 5.74) is 0. The molecule has 2 fully saturated rings. The normalized spacial score (nSPS) is 31.3. The van der Waals surface area contributed by atoms with Gasteiger partial charge in [0.05, 0.1) is 5.25 Å². The minimum absolute atomic E-state index is 0.339. The molecule has 2 saturated heterocycles. The molecular weight excluding hydrogens is 262 g/mol. The number of hydrogen-bond donors (Lipinski definition) is 1. The maximum absolute atomic E-state index is 12.6. The Morgan fingerprint density at radius 1 is 1.26 bits per heavy atom. The zero-order valence-electron chi connectivity index (χ0n) is 12.3. The van der Waals surface area contributed by atoms with Gasteiger partial charge in [-0.3, -0.25) is 4.90 Å². The quantitative estimate of drug-likeness (QED) is 0.800. The maximum Gasteiger partial charge on any atom is 0.218 e. The van der Waals surface area contributed by atoms with Crippen molar-refractivity contribution in [3.8, 4) is 0 Å². The number of nitrogens with one attached hydrogen (secondary N) is 1. The van der Waals surface area contributed by atoms with E-state index in [-0.39, 0.29) is 5.25 Å². The number of hydrogen-bond acceptors (Lipinski definition) is 4. The molecule has 2 aliphatic heterocycles. The summed E-state index contributed by atoms with van der Waals surface area (Å²) in [6, 6.07) is 0.989. The molecule has 0 spiro atoms. The third-order valence-corrected chi connectivity index (χ3v) is 6.90. The molecule has 112 valence electrons. The van der Waals surface area contributed by atoms with Gasteiger partial charge in [-0.2, -0.15) is 0 Å². The van der Waals surface area contributed by atoms with Crippen LogP contribution in [0.15, 0.2) is 0 Å². The Morgan fingerprint density at radius 2 is 1.95 bits per heavy atom. The van der Waals surface area contributed by atoms with E-state index in [4.69, 9.17) is 0 Å². The largest absolute Gasteiger partial charge is 0.316 e. The Morgan fingerprint density at radius 3 is 2.63 bits per heavy atom. The Kier molecular flexibility index (Phi) is 4.87. The zero-order valence-corrected chi connectivity index (χ0v) is 13.1. The fourth-order valence-corrected chi connectivity index (χ4v) is 4.79. The van der Waals surface area contributed by atoms with Gasteiger partial charge in [0.15, 0.2) is 0 Å². The average Bonchev–Trinajstić information content (AvgIpc) is 2.59. The third-order valence-electron chi connectivity index (χ3n) is 4.66. The predicted octanol–water partition coefficient (Wildman–Crippen LogP) is 0.483. The van der Waals surface area contributed by atoms with E-state index in [2.05, 4.69) is 17.3 Å². The van der Waals surface area contributed by atoms with E-state index in [0.29, 0.717) is 31.7 Å². The van der Waals surface area contributed by atoms with Crippen molar-refractivity contribution in [2.24, 2.45) is 0 Å². The highest BCUT2D eigenvalue weighted by molar-refractivity contribution is 7.89. The van der Waals surface area contributed by atoms with Crippen LogP contribution in [-0.2, 0) is 10.0 Å². The van der Waals surface area contributed by atoms with Crippen molar-refractivity contribution in [2.75, 3.05) is 33.2 Å². The third kappa shape index (κ3) is 3.12. The molecule has 6 heteroatoms. The molecule has 2 rings (SSSR count). The highest BCUT2D eigenvalue weighted by atomic mass is 32.2. The lowest BCUT2D eigenvalue weighted by molar-refractivity contribution is 0.246. The number of likely N-dealkylation sites (N-methyl/N-ethyl adjacent to an activating group) is 1. The maximum atomic E-state index is 12.6. The number of rotatable bonds is 5. The van der Waals surface area contributed by atoms with Gasteiger partial charge in [-0.05, 0) is 39.8 Å². The van der Waals surface area contributed by atoms with Crippen LogP contribution < -0.4 is 5.32 Å².